The first-order valence-corrected chi connectivity index (χ1v) is 14.5. The molecule has 7 heteroatoms. The Morgan fingerprint density at radius 1 is 0.947 bits per heavy atom. The molecule has 2 N–H and O–H groups in total. The zero-order chi connectivity index (χ0) is 28.9. The number of hydrogen-bond donors (Lipinski definition) is 2. The number of aryl methyl sites for hydroxylation is 2. The number of benzene rings is 1. The molecule has 0 spiro atoms. The van der Waals surface area contributed by atoms with E-state index in [4.69, 9.17) is 4.74 Å². The van der Waals surface area contributed by atoms with Gasteiger partial charge in [0.05, 0.1) is 0 Å². The predicted molar refractivity (Wildman–Crippen MR) is 155 cm³/mol. The number of nitrogens with zero attached hydrogens (tertiary/aromatic N) is 1. The molecule has 0 aliphatic heterocycles. The SMILES string of the molecule is CCCCCCN(C(=O)C(NC(=O)OC(C)(C)C)C(C)CC)C(C(=O)NCCCC)c1ccc(C)c(C)c1. The van der Waals surface area contributed by atoms with Crippen LogP contribution in [0.3, 0.4) is 0 Å². The van der Waals surface area contributed by atoms with E-state index in [2.05, 4.69) is 24.5 Å². The van der Waals surface area contributed by atoms with E-state index in [0.717, 1.165) is 55.2 Å². The van der Waals surface area contributed by atoms with E-state index in [1.165, 1.54) is 0 Å². The zero-order valence-electron chi connectivity index (χ0n) is 25.4. The Morgan fingerprint density at radius 2 is 1.61 bits per heavy atom. The van der Waals surface area contributed by atoms with Crippen LogP contribution in [-0.4, -0.2) is 47.5 Å². The molecule has 38 heavy (non-hydrogen) atoms. The second-order valence-electron chi connectivity index (χ2n) is 11.5. The van der Waals surface area contributed by atoms with Crippen LogP contribution in [0.25, 0.3) is 0 Å². The molecular formula is C31H53N3O4. The first kappa shape index (κ1) is 33.5. The number of carbonyl (C=O) groups excluding carboxylic acids is 3. The maximum atomic E-state index is 14.3. The molecule has 216 valence electrons. The van der Waals surface area contributed by atoms with Crippen LogP contribution in [0.4, 0.5) is 4.79 Å². The number of ether oxygens (including phenoxy) is 1. The molecule has 0 saturated heterocycles. The summed E-state index contributed by atoms with van der Waals surface area (Å²) >= 11 is 0. The van der Waals surface area contributed by atoms with E-state index in [9.17, 15) is 14.4 Å². The lowest BCUT2D eigenvalue weighted by Gasteiger charge is -2.36. The average molecular weight is 532 g/mol. The third-order valence-electron chi connectivity index (χ3n) is 6.92. The van der Waals surface area contributed by atoms with Crippen LogP contribution in [-0.2, 0) is 14.3 Å². The Hall–Kier alpha value is -2.57. The van der Waals surface area contributed by atoms with Crippen molar-refractivity contribution in [1.82, 2.24) is 15.5 Å². The van der Waals surface area contributed by atoms with Crippen LogP contribution in [0, 0.1) is 19.8 Å². The highest BCUT2D eigenvalue weighted by atomic mass is 16.6. The van der Waals surface area contributed by atoms with E-state index in [1.54, 1.807) is 25.7 Å². The number of rotatable bonds is 15. The van der Waals surface area contributed by atoms with Gasteiger partial charge in [-0.1, -0.05) is 78.0 Å². The lowest BCUT2D eigenvalue weighted by Crippen LogP contribution is -2.55. The molecule has 0 radical (unpaired) electrons. The molecule has 1 aromatic rings. The molecule has 3 unspecified atom stereocenters. The van der Waals surface area contributed by atoms with Gasteiger partial charge in [0.2, 0.25) is 11.8 Å². The fourth-order valence-electron chi connectivity index (χ4n) is 4.26. The molecule has 0 fully saturated rings. The van der Waals surface area contributed by atoms with E-state index in [0.29, 0.717) is 19.5 Å². The Morgan fingerprint density at radius 3 is 2.16 bits per heavy atom. The monoisotopic (exact) mass is 531 g/mol. The van der Waals surface area contributed by atoms with Gasteiger partial charge in [0.15, 0.2) is 0 Å². The van der Waals surface area contributed by atoms with Crippen LogP contribution in [0.15, 0.2) is 18.2 Å². The Bertz CT molecular complexity index is 894. The summed E-state index contributed by atoms with van der Waals surface area (Å²) < 4.78 is 5.49. The van der Waals surface area contributed by atoms with Crippen molar-refractivity contribution >= 4 is 17.9 Å². The molecule has 0 aromatic heterocycles. The number of carbonyl (C=O) groups is 3. The van der Waals surface area contributed by atoms with Crippen molar-refractivity contribution in [3.63, 3.8) is 0 Å². The van der Waals surface area contributed by atoms with Gasteiger partial charge in [-0.2, -0.15) is 0 Å². The highest BCUT2D eigenvalue weighted by Gasteiger charge is 2.38. The van der Waals surface area contributed by atoms with E-state index in [-0.39, 0.29) is 17.7 Å². The van der Waals surface area contributed by atoms with Gasteiger partial charge < -0.3 is 20.3 Å². The first-order valence-electron chi connectivity index (χ1n) is 14.5. The van der Waals surface area contributed by atoms with Crippen LogP contribution in [0.2, 0.25) is 0 Å². The third kappa shape index (κ3) is 11.0. The minimum Gasteiger partial charge on any atom is -0.444 e. The highest BCUT2D eigenvalue weighted by Crippen LogP contribution is 2.27. The Balaban J connectivity index is 3.52. The fraction of sp³-hybridized carbons (Fsp3) is 0.710. The van der Waals surface area contributed by atoms with Crippen molar-refractivity contribution in [2.75, 3.05) is 13.1 Å². The Labute approximate surface area is 231 Å². The van der Waals surface area contributed by atoms with Gasteiger partial charge in [0, 0.05) is 13.1 Å². The fourth-order valence-corrected chi connectivity index (χ4v) is 4.26. The molecule has 1 aromatic carbocycles. The standard InChI is InChI=1S/C31H53N3O4/c1-10-13-15-16-20-34(29(36)26(22(4)12-3)33-30(37)38-31(7,8)9)27(28(35)32-19-14-11-2)25-18-17-23(5)24(6)21-25/h17-18,21-22,26-27H,10-16,19-20H2,1-9H3,(H,32,35)(H,33,37). The number of nitrogens with one attached hydrogen (secondary N) is 2. The van der Waals surface area contributed by atoms with Crippen LogP contribution < -0.4 is 10.6 Å². The van der Waals surface area contributed by atoms with Crippen molar-refractivity contribution in [2.45, 2.75) is 125 Å². The lowest BCUT2D eigenvalue weighted by atomic mass is 9.94. The summed E-state index contributed by atoms with van der Waals surface area (Å²) in [5, 5.41) is 5.90. The number of unbranched alkanes of at least 4 members (excludes halogenated alkanes) is 4. The minimum atomic E-state index is -0.807. The maximum Gasteiger partial charge on any atom is 0.408 e. The van der Waals surface area contributed by atoms with Crippen LogP contribution in [0.1, 0.15) is 116 Å². The molecular weight excluding hydrogens is 478 g/mol. The van der Waals surface area contributed by atoms with Crippen molar-refractivity contribution in [3.8, 4) is 0 Å². The molecule has 1 rings (SSSR count). The topological polar surface area (TPSA) is 87.7 Å². The zero-order valence-corrected chi connectivity index (χ0v) is 25.4. The first-order chi connectivity index (χ1) is 17.9. The maximum absolute atomic E-state index is 14.3. The van der Waals surface area contributed by atoms with Crippen LogP contribution >= 0.6 is 0 Å². The highest BCUT2D eigenvalue weighted by molar-refractivity contribution is 5.92. The minimum absolute atomic E-state index is 0.142. The van der Waals surface area contributed by atoms with Gasteiger partial charge in [-0.15, -0.1) is 0 Å². The van der Waals surface area contributed by atoms with Gasteiger partial charge in [-0.25, -0.2) is 4.79 Å². The van der Waals surface area contributed by atoms with E-state index >= 15 is 0 Å². The average Bonchev–Trinajstić information content (AvgIpc) is 2.84. The van der Waals surface area contributed by atoms with Crippen LogP contribution in [0.5, 0.6) is 0 Å². The summed E-state index contributed by atoms with van der Waals surface area (Å²) in [4.78, 5) is 42.4. The number of hydrogen-bond acceptors (Lipinski definition) is 4. The van der Waals surface area contributed by atoms with Crippen molar-refractivity contribution < 1.29 is 19.1 Å². The van der Waals surface area contributed by atoms with Crippen molar-refractivity contribution in [1.29, 1.82) is 0 Å². The summed E-state index contributed by atoms with van der Waals surface area (Å²) in [5.41, 5.74) is 2.29. The molecule has 0 saturated carbocycles. The van der Waals surface area contributed by atoms with E-state index < -0.39 is 23.8 Å². The Kier molecular flexibility index (Phi) is 14.4. The molecule has 3 atom stereocenters. The summed E-state index contributed by atoms with van der Waals surface area (Å²) in [5.74, 6) is -0.585. The normalized spacial score (nSPS) is 13.8. The van der Waals surface area contributed by atoms with E-state index in [1.807, 2.05) is 45.9 Å². The molecule has 0 aliphatic rings. The summed E-state index contributed by atoms with van der Waals surface area (Å²) in [6.07, 6.45) is 5.76. The molecule has 3 amide bonds. The molecule has 0 heterocycles. The van der Waals surface area contributed by atoms with Gasteiger partial charge in [0.25, 0.3) is 0 Å². The summed E-state index contributed by atoms with van der Waals surface area (Å²) in [6.45, 7) is 18.6. The molecule has 7 nitrogen and oxygen atoms in total. The summed E-state index contributed by atoms with van der Waals surface area (Å²) in [6, 6.07) is 4.36. The molecule has 0 bridgehead atoms. The number of alkyl carbamates (subject to hydrolysis) is 1. The van der Waals surface area contributed by atoms with Gasteiger partial charge >= 0.3 is 6.09 Å². The second kappa shape index (κ2) is 16.4. The smallest absolute Gasteiger partial charge is 0.408 e. The van der Waals surface area contributed by atoms with Gasteiger partial charge in [-0.05, 0) is 70.1 Å². The molecule has 0 aliphatic carbocycles. The van der Waals surface area contributed by atoms with Gasteiger partial charge in [-0.3, -0.25) is 9.59 Å². The predicted octanol–water partition coefficient (Wildman–Crippen LogP) is 6.61. The second-order valence-corrected chi connectivity index (χ2v) is 11.5. The number of amides is 3. The van der Waals surface area contributed by atoms with Crippen molar-refractivity contribution in [2.24, 2.45) is 5.92 Å². The third-order valence-corrected chi connectivity index (χ3v) is 6.92. The van der Waals surface area contributed by atoms with Crippen molar-refractivity contribution in [3.05, 3.63) is 34.9 Å². The summed E-state index contributed by atoms with van der Waals surface area (Å²) in [7, 11) is 0. The van der Waals surface area contributed by atoms with Gasteiger partial charge in [0.1, 0.15) is 17.7 Å². The largest absolute Gasteiger partial charge is 0.444 e. The quantitative estimate of drug-likeness (QED) is 0.249. The lowest BCUT2D eigenvalue weighted by molar-refractivity contribution is -0.143.